The molecule has 0 saturated carbocycles. The van der Waals surface area contributed by atoms with Crippen LogP contribution in [-0.4, -0.2) is 54.8 Å². The van der Waals surface area contributed by atoms with Crippen LogP contribution in [0, 0.1) is 0 Å². The van der Waals surface area contributed by atoms with Crippen molar-refractivity contribution < 1.29 is 20.1 Å². The monoisotopic (exact) mass is 310 g/mol. The summed E-state index contributed by atoms with van der Waals surface area (Å²) in [4.78, 5) is 30.2. The van der Waals surface area contributed by atoms with Crippen LogP contribution in [0.3, 0.4) is 0 Å². The summed E-state index contributed by atoms with van der Waals surface area (Å²) in [6, 6.07) is 2.39. The Labute approximate surface area is 122 Å². The topological polar surface area (TPSA) is 164 Å². The summed E-state index contributed by atoms with van der Waals surface area (Å²) < 4.78 is 6.24. The number of aromatic amines is 1. The van der Waals surface area contributed by atoms with Gasteiger partial charge in [-0.2, -0.15) is 4.98 Å². The average molecular weight is 310 g/mol. The van der Waals surface area contributed by atoms with Gasteiger partial charge in [0.25, 0.3) is 11.1 Å². The molecule has 3 rings (SSSR count). The Morgan fingerprint density at radius 1 is 1.32 bits per heavy atom. The number of hydrogen-bond acceptors (Lipinski definition) is 8. The van der Waals surface area contributed by atoms with Crippen molar-refractivity contribution >= 4 is 17.0 Å². The molecule has 0 radical (unpaired) electrons. The maximum Gasteiger partial charge on any atom is 0.261 e. The lowest BCUT2D eigenvalue weighted by atomic mass is 10.1. The fourth-order valence-corrected chi connectivity index (χ4v) is 2.50. The molecule has 6 N–H and O–H groups in total. The fraction of sp³-hybridized carbons (Fsp3) is 0.417. The van der Waals surface area contributed by atoms with Crippen molar-refractivity contribution in [3.63, 3.8) is 0 Å². The van der Waals surface area contributed by atoms with Gasteiger partial charge in [-0.05, 0) is 6.07 Å². The quantitative estimate of drug-likeness (QED) is 0.399. The maximum atomic E-state index is 12.1. The third-order valence-corrected chi connectivity index (χ3v) is 3.58. The van der Waals surface area contributed by atoms with E-state index in [9.17, 15) is 19.8 Å². The Hall–Kier alpha value is -2.27. The van der Waals surface area contributed by atoms with Crippen LogP contribution in [0.15, 0.2) is 21.7 Å². The number of nitrogens with one attached hydrogen (secondary N) is 1. The van der Waals surface area contributed by atoms with Crippen molar-refractivity contribution in [1.82, 2.24) is 14.5 Å². The molecule has 4 atom stereocenters. The molecule has 1 aliphatic rings. The number of rotatable bonds is 2. The molecule has 0 aliphatic carbocycles. The molecule has 0 aromatic carbocycles. The second-order valence-electron chi connectivity index (χ2n) is 4.96. The minimum Gasteiger partial charge on any atom is -0.394 e. The van der Waals surface area contributed by atoms with Gasteiger partial charge in [-0.15, -0.1) is 0 Å². The molecule has 3 heterocycles. The van der Waals surface area contributed by atoms with Gasteiger partial charge >= 0.3 is 0 Å². The predicted octanol–water partition coefficient (Wildman–Crippen LogP) is -2.72. The number of fused-ring (bicyclic) bond motifs is 1. The van der Waals surface area contributed by atoms with Gasteiger partial charge in [0, 0.05) is 6.07 Å². The number of nitrogen functional groups attached to an aromatic ring is 1. The number of aromatic nitrogens is 3. The first kappa shape index (κ1) is 14.7. The SMILES string of the molecule is Nc1nc2c(ccc(=O)n2[C@@H]2O[C@H](CO)[C@@H](O)[C@@H]2O)c(=O)[nH]1. The number of pyridine rings is 1. The van der Waals surface area contributed by atoms with Gasteiger partial charge in [0.2, 0.25) is 5.95 Å². The number of H-pyrrole nitrogens is 1. The van der Waals surface area contributed by atoms with Gasteiger partial charge in [0.15, 0.2) is 11.9 Å². The van der Waals surface area contributed by atoms with Crippen LogP contribution in [0.4, 0.5) is 5.95 Å². The van der Waals surface area contributed by atoms with Crippen LogP contribution >= 0.6 is 0 Å². The number of ether oxygens (including phenoxy) is 1. The Bertz CT molecular complexity index is 830. The number of anilines is 1. The van der Waals surface area contributed by atoms with Crippen molar-refractivity contribution in [1.29, 1.82) is 0 Å². The van der Waals surface area contributed by atoms with Crippen LogP contribution in [0.2, 0.25) is 0 Å². The third kappa shape index (κ3) is 2.09. The minimum atomic E-state index is -1.47. The largest absolute Gasteiger partial charge is 0.394 e. The van der Waals surface area contributed by atoms with E-state index in [-0.39, 0.29) is 17.0 Å². The van der Waals surface area contributed by atoms with E-state index in [0.29, 0.717) is 0 Å². The zero-order valence-corrected chi connectivity index (χ0v) is 11.2. The molecule has 0 bridgehead atoms. The summed E-state index contributed by atoms with van der Waals surface area (Å²) >= 11 is 0. The lowest BCUT2D eigenvalue weighted by Crippen LogP contribution is -2.36. The van der Waals surface area contributed by atoms with E-state index in [4.69, 9.17) is 15.6 Å². The summed E-state index contributed by atoms with van der Waals surface area (Å²) in [5, 5.41) is 29.0. The molecule has 0 unspecified atom stereocenters. The molecule has 10 nitrogen and oxygen atoms in total. The van der Waals surface area contributed by atoms with Crippen molar-refractivity contribution in [3.8, 4) is 0 Å². The first-order valence-electron chi connectivity index (χ1n) is 6.47. The summed E-state index contributed by atoms with van der Waals surface area (Å²) in [6.45, 7) is -0.537. The first-order chi connectivity index (χ1) is 10.4. The summed E-state index contributed by atoms with van der Waals surface area (Å²) in [5.74, 6) is -0.205. The van der Waals surface area contributed by atoms with Crippen LogP contribution in [0.25, 0.3) is 11.0 Å². The van der Waals surface area contributed by atoms with Crippen LogP contribution in [0.5, 0.6) is 0 Å². The third-order valence-electron chi connectivity index (χ3n) is 3.58. The summed E-state index contributed by atoms with van der Waals surface area (Å²) in [6.07, 6.45) is -5.20. The van der Waals surface area contributed by atoms with E-state index in [1.807, 2.05) is 0 Å². The molecule has 10 heteroatoms. The molecular formula is C12H14N4O6. The van der Waals surface area contributed by atoms with Gasteiger partial charge in [0.05, 0.1) is 12.0 Å². The lowest BCUT2D eigenvalue weighted by Gasteiger charge is -2.19. The molecule has 0 amide bonds. The normalized spacial score (nSPS) is 28.3. The fourth-order valence-electron chi connectivity index (χ4n) is 2.50. The Balaban J connectivity index is 2.25. The highest BCUT2D eigenvalue weighted by Crippen LogP contribution is 2.29. The standard InChI is InChI=1S/C12H14N4O6/c13-12-14-9-4(10(21)15-12)1-2-6(18)16(9)11-8(20)7(19)5(3-17)22-11/h1-2,5,7-8,11,17,19-20H,3H2,(H3,13,14,15,21)/t5-,7-,8+,11-/m1/s1. The molecule has 118 valence electrons. The summed E-state index contributed by atoms with van der Waals surface area (Å²) in [5.41, 5.74) is 4.25. The van der Waals surface area contributed by atoms with Gasteiger partial charge in [-0.25, -0.2) is 0 Å². The van der Waals surface area contributed by atoms with Crippen LogP contribution in [0.1, 0.15) is 6.23 Å². The average Bonchev–Trinajstić information content (AvgIpc) is 2.74. The number of aliphatic hydroxyl groups excluding tert-OH is 3. The Kier molecular flexibility index (Phi) is 3.45. The van der Waals surface area contributed by atoms with Crippen molar-refractivity contribution in [3.05, 3.63) is 32.8 Å². The van der Waals surface area contributed by atoms with E-state index < -0.39 is 42.3 Å². The number of nitrogens with zero attached hydrogens (tertiary/aromatic N) is 2. The first-order valence-corrected chi connectivity index (χ1v) is 6.47. The van der Waals surface area contributed by atoms with Crippen LogP contribution in [-0.2, 0) is 4.74 Å². The van der Waals surface area contributed by atoms with Gasteiger partial charge in [0.1, 0.15) is 18.3 Å². The second-order valence-corrected chi connectivity index (χ2v) is 4.96. The molecule has 1 fully saturated rings. The number of nitrogens with two attached hydrogens (primary N) is 1. The lowest BCUT2D eigenvalue weighted by molar-refractivity contribution is -0.0524. The highest BCUT2D eigenvalue weighted by molar-refractivity contribution is 5.74. The molecule has 1 aliphatic heterocycles. The van der Waals surface area contributed by atoms with E-state index >= 15 is 0 Å². The van der Waals surface area contributed by atoms with Crippen molar-refractivity contribution in [2.45, 2.75) is 24.5 Å². The van der Waals surface area contributed by atoms with Crippen molar-refractivity contribution in [2.75, 3.05) is 12.3 Å². The molecule has 1 saturated heterocycles. The molecular weight excluding hydrogens is 296 g/mol. The van der Waals surface area contributed by atoms with E-state index in [1.54, 1.807) is 0 Å². The van der Waals surface area contributed by atoms with Crippen LogP contribution < -0.4 is 16.9 Å². The molecule has 22 heavy (non-hydrogen) atoms. The van der Waals surface area contributed by atoms with Gasteiger partial charge in [-0.3, -0.25) is 19.1 Å². The van der Waals surface area contributed by atoms with Gasteiger partial charge in [-0.1, -0.05) is 0 Å². The molecule has 2 aromatic heterocycles. The highest BCUT2D eigenvalue weighted by atomic mass is 16.6. The molecule has 2 aromatic rings. The smallest absolute Gasteiger partial charge is 0.261 e. The molecule has 0 spiro atoms. The summed E-state index contributed by atoms with van der Waals surface area (Å²) in [7, 11) is 0. The zero-order valence-electron chi connectivity index (χ0n) is 11.2. The Morgan fingerprint density at radius 3 is 2.68 bits per heavy atom. The second kappa shape index (κ2) is 5.18. The van der Waals surface area contributed by atoms with E-state index in [0.717, 1.165) is 10.6 Å². The van der Waals surface area contributed by atoms with Gasteiger partial charge < -0.3 is 25.8 Å². The van der Waals surface area contributed by atoms with E-state index in [1.165, 1.54) is 6.07 Å². The minimum absolute atomic E-state index is 0.0755. The number of hydrogen-bond donors (Lipinski definition) is 5. The van der Waals surface area contributed by atoms with Crippen molar-refractivity contribution in [2.24, 2.45) is 0 Å². The maximum absolute atomic E-state index is 12.1. The van der Waals surface area contributed by atoms with E-state index in [2.05, 4.69) is 9.97 Å². The number of aliphatic hydroxyl groups is 3. The zero-order chi connectivity index (χ0) is 16.0. The predicted molar refractivity (Wildman–Crippen MR) is 74.0 cm³/mol. The highest BCUT2D eigenvalue weighted by Gasteiger charge is 2.44. The Morgan fingerprint density at radius 2 is 2.05 bits per heavy atom.